The number of likely N-dealkylation sites (tertiary alicyclic amines) is 1. The van der Waals surface area contributed by atoms with E-state index in [9.17, 15) is 9.90 Å². The molecule has 7 heteroatoms. The predicted molar refractivity (Wildman–Crippen MR) is 107 cm³/mol. The lowest BCUT2D eigenvalue weighted by atomic mass is 10.0. The lowest BCUT2D eigenvalue weighted by Crippen LogP contribution is -2.45. The molecule has 1 aromatic heterocycles. The number of anilines is 1. The lowest BCUT2D eigenvalue weighted by Gasteiger charge is -2.24. The van der Waals surface area contributed by atoms with Crippen LogP contribution in [0.3, 0.4) is 0 Å². The van der Waals surface area contributed by atoms with Crippen LogP contribution >= 0.6 is 0 Å². The summed E-state index contributed by atoms with van der Waals surface area (Å²) in [4.78, 5) is 25.3. The molecular weight excluding hydrogens is 354 g/mol. The minimum atomic E-state index is -0.955. The fraction of sp³-hybridized carbons (Fsp3) is 0.476. The van der Waals surface area contributed by atoms with E-state index >= 15 is 0 Å². The first-order valence-corrected chi connectivity index (χ1v) is 9.94. The third kappa shape index (κ3) is 4.48. The van der Waals surface area contributed by atoms with Crippen molar-refractivity contribution in [2.24, 2.45) is 0 Å². The van der Waals surface area contributed by atoms with Crippen LogP contribution < -0.4 is 10.2 Å². The molecule has 2 saturated heterocycles. The molecule has 2 aliphatic rings. The Kier molecular flexibility index (Phi) is 5.54. The van der Waals surface area contributed by atoms with Crippen molar-refractivity contribution < 1.29 is 9.90 Å². The van der Waals surface area contributed by atoms with Crippen LogP contribution in [-0.4, -0.2) is 64.2 Å². The summed E-state index contributed by atoms with van der Waals surface area (Å²) < 4.78 is 0. The second-order valence-electron chi connectivity index (χ2n) is 7.82. The Hall–Kier alpha value is -2.51. The zero-order valence-electron chi connectivity index (χ0n) is 16.0. The summed E-state index contributed by atoms with van der Waals surface area (Å²) in [5, 5.41) is 13.7. The fourth-order valence-corrected chi connectivity index (χ4v) is 3.96. The molecule has 0 aliphatic carbocycles. The SMILES string of the molecule is O=C(NCC1(O)CCN(c2cnccn2)C1)c1ccc(CN2CCCC2)cc1. The van der Waals surface area contributed by atoms with Crippen molar-refractivity contribution in [3.05, 3.63) is 54.0 Å². The number of hydrogen-bond acceptors (Lipinski definition) is 6. The number of nitrogens with one attached hydrogen (secondary N) is 1. The van der Waals surface area contributed by atoms with Crippen molar-refractivity contribution in [3.63, 3.8) is 0 Å². The van der Waals surface area contributed by atoms with Gasteiger partial charge in [-0.2, -0.15) is 0 Å². The van der Waals surface area contributed by atoms with Crippen LogP contribution in [0.25, 0.3) is 0 Å². The van der Waals surface area contributed by atoms with Gasteiger partial charge >= 0.3 is 0 Å². The van der Waals surface area contributed by atoms with Crippen molar-refractivity contribution in [1.29, 1.82) is 0 Å². The van der Waals surface area contributed by atoms with Gasteiger partial charge in [-0.15, -0.1) is 0 Å². The number of aliphatic hydroxyl groups is 1. The van der Waals surface area contributed by atoms with E-state index in [1.165, 1.54) is 18.4 Å². The van der Waals surface area contributed by atoms with Gasteiger partial charge in [-0.1, -0.05) is 12.1 Å². The Morgan fingerprint density at radius 1 is 1.14 bits per heavy atom. The van der Waals surface area contributed by atoms with Crippen LogP contribution in [0.5, 0.6) is 0 Å². The number of carbonyl (C=O) groups excluding carboxylic acids is 1. The van der Waals surface area contributed by atoms with E-state index in [2.05, 4.69) is 20.2 Å². The second-order valence-corrected chi connectivity index (χ2v) is 7.82. The molecule has 7 nitrogen and oxygen atoms in total. The Morgan fingerprint density at radius 2 is 1.93 bits per heavy atom. The van der Waals surface area contributed by atoms with Gasteiger partial charge in [-0.05, 0) is 50.0 Å². The molecule has 4 rings (SSSR count). The third-order valence-electron chi connectivity index (χ3n) is 5.60. The first-order valence-electron chi connectivity index (χ1n) is 9.94. The maximum absolute atomic E-state index is 12.5. The fourth-order valence-electron chi connectivity index (χ4n) is 3.96. The average Bonchev–Trinajstić information content (AvgIpc) is 3.38. The molecule has 28 heavy (non-hydrogen) atoms. The van der Waals surface area contributed by atoms with Gasteiger partial charge in [-0.3, -0.25) is 14.7 Å². The van der Waals surface area contributed by atoms with E-state index in [1.807, 2.05) is 29.2 Å². The van der Waals surface area contributed by atoms with Crippen LogP contribution in [0.2, 0.25) is 0 Å². The Bertz CT molecular complexity index is 792. The summed E-state index contributed by atoms with van der Waals surface area (Å²) >= 11 is 0. The van der Waals surface area contributed by atoms with Crippen molar-refractivity contribution in [2.45, 2.75) is 31.4 Å². The number of aromatic nitrogens is 2. The smallest absolute Gasteiger partial charge is 0.251 e. The number of nitrogens with zero attached hydrogens (tertiary/aromatic N) is 4. The van der Waals surface area contributed by atoms with Crippen molar-refractivity contribution in [1.82, 2.24) is 20.2 Å². The maximum Gasteiger partial charge on any atom is 0.251 e. The van der Waals surface area contributed by atoms with Crippen molar-refractivity contribution in [3.8, 4) is 0 Å². The highest BCUT2D eigenvalue weighted by Crippen LogP contribution is 2.24. The first-order chi connectivity index (χ1) is 13.6. The topological polar surface area (TPSA) is 81.6 Å². The molecule has 2 aromatic rings. The molecule has 148 valence electrons. The highest BCUT2D eigenvalue weighted by molar-refractivity contribution is 5.94. The number of benzene rings is 1. The average molecular weight is 381 g/mol. The normalized spacial score (nSPS) is 22.5. The molecule has 0 bridgehead atoms. The van der Waals surface area contributed by atoms with Crippen LogP contribution in [0.4, 0.5) is 5.82 Å². The van der Waals surface area contributed by atoms with Crippen LogP contribution in [-0.2, 0) is 6.54 Å². The monoisotopic (exact) mass is 381 g/mol. The molecule has 2 aliphatic heterocycles. The number of amides is 1. The van der Waals surface area contributed by atoms with E-state index < -0.39 is 5.60 Å². The van der Waals surface area contributed by atoms with E-state index in [0.717, 1.165) is 25.5 Å². The molecule has 0 radical (unpaired) electrons. The van der Waals surface area contributed by atoms with E-state index in [0.29, 0.717) is 25.1 Å². The number of hydrogen-bond donors (Lipinski definition) is 2. The highest BCUT2D eigenvalue weighted by atomic mass is 16.3. The van der Waals surface area contributed by atoms with Gasteiger partial charge in [0.15, 0.2) is 0 Å². The zero-order chi connectivity index (χ0) is 19.4. The summed E-state index contributed by atoms with van der Waals surface area (Å²) in [6, 6.07) is 7.78. The molecule has 0 spiro atoms. The number of rotatable bonds is 6. The molecule has 1 unspecified atom stereocenters. The van der Waals surface area contributed by atoms with Gasteiger partial charge in [0.25, 0.3) is 5.91 Å². The Balaban J connectivity index is 1.29. The number of carbonyl (C=O) groups is 1. The maximum atomic E-state index is 12.5. The Labute approximate surface area is 165 Å². The molecule has 2 N–H and O–H groups in total. The molecule has 1 aromatic carbocycles. The summed E-state index contributed by atoms with van der Waals surface area (Å²) in [5.41, 5.74) is 0.896. The largest absolute Gasteiger partial charge is 0.386 e. The third-order valence-corrected chi connectivity index (χ3v) is 5.60. The van der Waals surface area contributed by atoms with Gasteiger partial charge in [0, 0.05) is 44.1 Å². The molecule has 1 amide bonds. The minimum Gasteiger partial charge on any atom is -0.386 e. The molecular formula is C21H27N5O2. The molecule has 2 fully saturated rings. The summed E-state index contributed by atoms with van der Waals surface area (Å²) in [5.74, 6) is 0.595. The quantitative estimate of drug-likeness (QED) is 0.788. The molecule has 3 heterocycles. The van der Waals surface area contributed by atoms with Crippen LogP contribution in [0.1, 0.15) is 35.2 Å². The van der Waals surface area contributed by atoms with Crippen LogP contribution in [0, 0.1) is 0 Å². The summed E-state index contributed by atoms with van der Waals surface area (Å²) in [6.07, 6.45) is 8.09. The standard InChI is InChI=1S/C21H27N5O2/c27-20(18-5-3-17(4-6-18)14-25-10-1-2-11-25)24-15-21(28)7-12-26(16-21)19-13-22-8-9-23-19/h3-6,8-9,13,28H,1-2,7,10-12,14-16H2,(H,24,27). The van der Waals surface area contributed by atoms with E-state index in [4.69, 9.17) is 0 Å². The predicted octanol–water partition coefficient (Wildman–Crippen LogP) is 1.44. The minimum absolute atomic E-state index is 0.154. The number of β-amino-alcohol motifs (C(OH)–C–C–N with tert-alkyl or cyclic N) is 1. The van der Waals surface area contributed by atoms with Gasteiger partial charge in [-0.25, -0.2) is 4.98 Å². The van der Waals surface area contributed by atoms with Crippen molar-refractivity contribution >= 4 is 11.7 Å². The van der Waals surface area contributed by atoms with Crippen LogP contribution in [0.15, 0.2) is 42.9 Å². The zero-order valence-corrected chi connectivity index (χ0v) is 16.0. The van der Waals surface area contributed by atoms with Gasteiger partial charge in [0.05, 0.1) is 6.20 Å². The Morgan fingerprint density at radius 3 is 2.64 bits per heavy atom. The van der Waals surface area contributed by atoms with Crippen molar-refractivity contribution in [2.75, 3.05) is 37.6 Å². The van der Waals surface area contributed by atoms with Gasteiger partial charge < -0.3 is 15.3 Å². The lowest BCUT2D eigenvalue weighted by molar-refractivity contribution is 0.0575. The molecule has 1 atom stereocenters. The molecule has 0 saturated carbocycles. The summed E-state index contributed by atoms with van der Waals surface area (Å²) in [6.45, 7) is 4.60. The van der Waals surface area contributed by atoms with E-state index in [1.54, 1.807) is 18.6 Å². The first kappa shape index (κ1) is 18.8. The van der Waals surface area contributed by atoms with Gasteiger partial charge in [0.1, 0.15) is 11.4 Å². The highest BCUT2D eigenvalue weighted by Gasteiger charge is 2.37. The second kappa shape index (κ2) is 8.24. The summed E-state index contributed by atoms with van der Waals surface area (Å²) in [7, 11) is 0. The van der Waals surface area contributed by atoms with E-state index in [-0.39, 0.29) is 12.5 Å². The van der Waals surface area contributed by atoms with Gasteiger partial charge in [0.2, 0.25) is 0 Å².